The van der Waals surface area contributed by atoms with Crippen LogP contribution in [0.3, 0.4) is 0 Å². The fourth-order valence-corrected chi connectivity index (χ4v) is 4.54. The third-order valence-electron chi connectivity index (χ3n) is 5.03. The van der Waals surface area contributed by atoms with Gasteiger partial charge in [0.1, 0.15) is 5.58 Å². The Morgan fingerprint density at radius 1 is 1.11 bits per heavy atom. The predicted molar refractivity (Wildman–Crippen MR) is 111 cm³/mol. The number of thioether (sulfide) groups is 1. The molecule has 6 heteroatoms. The van der Waals surface area contributed by atoms with Crippen molar-refractivity contribution in [3.05, 3.63) is 80.4 Å². The molecule has 0 atom stereocenters. The Labute approximate surface area is 165 Å². The van der Waals surface area contributed by atoms with E-state index in [4.69, 9.17) is 9.40 Å². The number of benzene rings is 2. The summed E-state index contributed by atoms with van der Waals surface area (Å²) in [5.41, 5.74) is 2.89. The summed E-state index contributed by atoms with van der Waals surface area (Å²) in [6.07, 6.45) is 2.01. The van der Waals surface area contributed by atoms with Crippen molar-refractivity contribution in [1.29, 1.82) is 0 Å². The summed E-state index contributed by atoms with van der Waals surface area (Å²) in [5, 5.41) is 2.28. The molecule has 5 rings (SSSR count). The fourth-order valence-electron chi connectivity index (χ4n) is 3.48. The summed E-state index contributed by atoms with van der Waals surface area (Å²) in [4.78, 5) is 29.7. The lowest BCUT2D eigenvalue weighted by Crippen LogP contribution is -2.22. The van der Waals surface area contributed by atoms with Gasteiger partial charge in [-0.2, -0.15) is 0 Å². The Balaban J connectivity index is 1.58. The zero-order valence-corrected chi connectivity index (χ0v) is 16.2. The number of para-hydroxylation sites is 1. The average molecular weight is 390 g/mol. The maximum atomic E-state index is 13.0. The van der Waals surface area contributed by atoms with E-state index >= 15 is 0 Å². The third-order valence-corrected chi connectivity index (χ3v) is 6.03. The SMILES string of the molecule is Cc1ccc2c(CSc3nc4ccccc4c(=O)n3C3CC3)cc(=O)oc2c1. The molecular weight excluding hydrogens is 372 g/mol. The highest BCUT2D eigenvalue weighted by Gasteiger charge is 2.28. The van der Waals surface area contributed by atoms with Gasteiger partial charge in [-0.1, -0.05) is 36.0 Å². The maximum Gasteiger partial charge on any atom is 0.336 e. The molecule has 2 heterocycles. The van der Waals surface area contributed by atoms with Crippen LogP contribution in [0.2, 0.25) is 0 Å². The summed E-state index contributed by atoms with van der Waals surface area (Å²) in [6, 6.07) is 15.1. The number of aryl methyl sites for hydroxylation is 1. The average Bonchev–Trinajstić information content (AvgIpc) is 3.50. The van der Waals surface area contributed by atoms with Gasteiger partial charge in [-0.3, -0.25) is 9.36 Å². The van der Waals surface area contributed by atoms with E-state index < -0.39 is 0 Å². The Morgan fingerprint density at radius 2 is 1.93 bits per heavy atom. The Morgan fingerprint density at radius 3 is 2.75 bits per heavy atom. The van der Waals surface area contributed by atoms with Crippen LogP contribution in [0.25, 0.3) is 21.9 Å². The number of hydrogen-bond acceptors (Lipinski definition) is 5. The van der Waals surface area contributed by atoms with Crippen molar-refractivity contribution in [3.63, 3.8) is 0 Å². The highest BCUT2D eigenvalue weighted by atomic mass is 32.2. The summed E-state index contributed by atoms with van der Waals surface area (Å²) >= 11 is 1.50. The van der Waals surface area contributed by atoms with Crippen LogP contribution in [0.4, 0.5) is 0 Å². The lowest BCUT2D eigenvalue weighted by atomic mass is 10.1. The molecule has 0 aliphatic heterocycles. The second-order valence-electron chi connectivity index (χ2n) is 7.20. The number of fused-ring (bicyclic) bond motifs is 2. The molecule has 0 saturated heterocycles. The monoisotopic (exact) mass is 390 g/mol. The first-order valence-corrected chi connectivity index (χ1v) is 10.3. The highest BCUT2D eigenvalue weighted by Crippen LogP contribution is 2.37. The van der Waals surface area contributed by atoms with E-state index in [-0.39, 0.29) is 17.2 Å². The molecule has 0 bridgehead atoms. The number of hydrogen-bond donors (Lipinski definition) is 0. The van der Waals surface area contributed by atoms with E-state index in [1.807, 2.05) is 54.0 Å². The Hall–Kier alpha value is -2.86. The van der Waals surface area contributed by atoms with Gasteiger partial charge < -0.3 is 4.42 Å². The van der Waals surface area contributed by atoms with E-state index in [1.54, 1.807) is 0 Å². The second-order valence-corrected chi connectivity index (χ2v) is 8.14. The van der Waals surface area contributed by atoms with Gasteiger partial charge in [-0.15, -0.1) is 0 Å². The fraction of sp³-hybridized carbons (Fsp3) is 0.227. The van der Waals surface area contributed by atoms with Crippen molar-refractivity contribution < 1.29 is 4.42 Å². The van der Waals surface area contributed by atoms with Crippen LogP contribution in [0, 0.1) is 6.92 Å². The maximum absolute atomic E-state index is 13.0. The summed E-state index contributed by atoms with van der Waals surface area (Å²) < 4.78 is 7.17. The highest BCUT2D eigenvalue weighted by molar-refractivity contribution is 7.98. The molecule has 1 aliphatic rings. The zero-order chi connectivity index (χ0) is 19.3. The third kappa shape index (κ3) is 3.03. The van der Waals surface area contributed by atoms with Gasteiger partial charge in [0.15, 0.2) is 5.16 Å². The van der Waals surface area contributed by atoms with Crippen LogP contribution in [0.5, 0.6) is 0 Å². The van der Waals surface area contributed by atoms with Gasteiger partial charge >= 0.3 is 5.63 Å². The molecular formula is C22H18N2O3S. The second kappa shape index (κ2) is 6.63. The Bertz CT molecular complexity index is 1340. The van der Waals surface area contributed by atoms with E-state index in [2.05, 4.69) is 0 Å². The van der Waals surface area contributed by atoms with Gasteiger partial charge in [-0.05, 0) is 49.1 Å². The van der Waals surface area contributed by atoms with Crippen molar-refractivity contribution >= 4 is 33.6 Å². The summed E-state index contributed by atoms with van der Waals surface area (Å²) in [5.74, 6) is 0.544. The first kappa shape index (κ1) is 17.3. The minimum absolute atomic E-state index is 0.0173. The molecule has 1 aliphatic carbocycles. The van der Waals surface area contributed by atoms with Gasteiger partial charge in [-0.25, -0.2) is 9.78 Å². The molecule has 28 heavy (non-hydrogen) atoms. The van der Waals surface area contributed by atoms with Crippen molar-refractivity contribution in [1.82, 2.24) is 9.55 Å². The zero-order valence-electron chi connectivity index (χ0n) is 15.3. The normalized spacial score (nSPS) is 14.0. The van der Waals surface area contributed by atoms with Crippen LogP contribution >= 0.6 is 11.8 Å². The number of nitrogens with zero attached hydrogens (tertiary/aromatic N) is 2. The molecule has 2 aromatic carbocycles. The molecule has 0 spiro atoms. The molecule has 1 saturated carbocycles. The first-order chi connectivity index (χ1) is 13.6. The van der Waals surface area contributed by atoms with Crippen LogP contribution in [-0.2, 0) is 5.75 Å². The van der Waals surface area contributed by atoms with E-state index in [1.165, 1.54) is 17.8 Å². The molecule has 0 amide bonds. The molecule has 0 radical (unpaired) electrons. The van der Waals surface area contributed by atoms with Crippen LogP contribution < -0.4 is 11.2 Å². The van der Waals surface area contributed by atoms with Gasteiger partial charge in [0.2, 0.25) is 0 Å². The molecule has 2 aromatic heterocycles. The quantitative estimate of drug-likeness (QED) is 0.293. The standard InChI is InChI=1S/C22H18N2O3S/c1-13-6-9-16-14(11-20(25)27-19(16)10-13)12-28-22-23-18-5-3-2-4-17(18)21(26)24(22)15-7-8-15/h2-6,9-11,15H,7-8,12H2,1H3. The van der Waals surface area contributed by atoms with Crippen LogP contribution in [-0.4, -0.2) is 9.55 Å². The van der Waals surface area contributed by atoms with Crippen molar-refractivity contribution in [2.24, 2.45) is 0 Å². The molecule has 4 aromatic rings. The van der Waals surface area contributed by atoms with Crippen molar-refractivity contribution in [3.8, 4) is 0 Å². The summed E-state index contributed by atoms with van der Waals surface area (Å²) in [7, 11) is 0. The molecule has 1 fully saturated rings. The number of rotatable bonds is 4. The van der Waals surface area contributed by atoms with Gasteiger partial charge in [0.25, 0.3) is 5.56 Å². The smallest absolute Gasteiger partial charge is 0.336 e. The molecule has 0 N–H and O–H groups in total. The minimum atomic E-state index is -0.361. The lowest BCUT2D eigenvalue weighted by Gasteiger charge is -2.12. The molecule has 5 nitrogen and oxygen atoms in total. The van der Waals surface area contributed by atoms with Gasteiger partial charge in [0, 0.05) is 23.2 Å². The largest absolute Gasteiger partial charge is 0.423 e. The summed E-state index contributed by atoms with van der Waals surface area (Å²) in [6.45, 7) is 1.97. The topological polar surface area (TPSA) is 65.1 Å². The van der Waals surface area contributed by atoms with E-state index in [9.17, 15) is 9.59 Å². The molecule has 140 valence electrons. The van der Waals surface area contributed by atoms with Crippen molar-refractivity contribution in [2.45, 2.75) is 36.7 Å². The van der Waals surface area contributed by atoms with Gasteiger partial charge in [0.05, 0.1) is 10.9 Å². The van der Waals surface area contributed by atoms with E-state index in [0.717, 1.165) is 29.4 Å². The first-order valence-electron chi connectivity index (χ1n) is 9.27. The van der Waals surface area contributed by atoms with Crippen LogP contribution in [0.15, 0.2) is 67.7 Å². The van der Waals surface area contributed by atoms with Crippen LogP contribution in [0.1, 0.15) is 30.0 Å². The molecule has 0 unspecified atom stereocenters. The van der Waals surface area contributed by atoms with Crippen molar-refractivity contribution in [2.75, 3.05) is 0 Å². The van der Waals surface area contributed by atoms with E-state index in [0.29, 0.717) is 27.4 Å². The Kier molecular flexibility index (Phi) is 4.09. The number of aromatic nitrogens is 2. The minimum Gasteiger partial charge on any atom is -0.423 e. The lowest BCUT2D eigenvalue weighted by molar-refractivity contribution is 0.559. The predicted octanol–water partition coefficient (Wildman–Crippen LogP) is 4.44.